The maximum atomic E-state index is 12.7. The third-order valence-electron chi connectivity index (χ3n) is 5.41. The van der Waals surface area contributed by atoms with Crippen molar-refractivity contribution >= 4 is 29.0 Å². The van der Waals surface area contributed by atoms with Crippen LogP contribution < -0.4 is 0 Å². The SMILES string of the molecule is Cc1ccc(-n2c(SCc3nc(C(=O)N4CCCCC4)cs3)nnc2-c2ccco2)cc1. The van der Waals surface area contributed by atoms with Crippen LogP contribution in [0.3, 0.4) is 0 Å². The van der Waals surface area contributed by atoms with Gasteiger partial charge < -0.3 is 9.32 Å². The number of hydrogen-bond acceptors (Lipinski definition) is 7. The van der Waals surface area contributed by atoms with Crippen LogP contribution in [0.25, 0.3) is 17.3 Å². The Morgan fingerprint density at radius 3 is 2.69 bits per heavy atom. The number of benzene rings is 1. The molecule has 1 aliphatic heterocycles. The molecule has 0 N–H and O–H groups in total. The molecular formula is C23H23N5O2S2. The van der Waals surface area contributed by atoms with Gasteiger partial charge in [-0.1, -0.05) is 29.5 Å². The molecule has 1 fully saturated rings. The average Bonchev–Trinajstić information content (AvgIpc) is 3.59. The van der Waals surface area contributed by atoms with Gasteiger partial charge in [0.15, 0.2) is 10.9 Å². The molecule has 4 aromatic rings. The van der Waals surface area contributed by atoms with E-state index in [1.165, 1.54) is 23.3 Å². The lowest BCUT2D eigenvalue weighted by molar-refractivity contribution is 0.0719. The Kier molecular flexibility index (Phi) is 6.09. The monoisotopic (exact) mass is 465 g/mol. The number of hydrogen-bond donors (Lipinski definition) is 0. The van der Waals surface area contributed by atoms with Gasteiger partial charge in [0.25, 0.3) is 5.91 Å². The topological polar surface area (TPSA) is 77.1 Å². The Labute approximate surface area is 194 Å². The van der Waals surface area contributed by atoms with Crippen LogP contribution in [-0.2, 0) is 5.75 Å². The maximum absolute atomic E-state index is 12.7. The number of aromatic nitrogens is 4. The molecule has 164 valence electrons. The Morgan fingerprint density at radius 1 is 1.12 bits per heavy atom. The summed E-state index contributed by atoms with van der Waals surface area (Å²) in [5, 5.41) is 12.3. The zero-order valence-electron chi connectivity index (χ0n) is 17.7. The average molecular weight is 466 g/mol. The number of thiazole rings is 1. The molecule has 0 atom stereocenters. The van der Waals surface area contributed by atoms with Gasteiger partial charge in [0.1, 0.15) is 10.7 Å². The van der Waals surface area contributed by atoms with Gasteiger partial charge in [-0.25, -0.2) is 4.98 Å². The minimum Gasteiger partial charge on any atom is -0.461 e. The van der Waals surface area contributed by atoms with Crippen molar-refractivity contribution in [2.45, 2.75) is 37.1 Å². The molecule has 3 aromatic heterocycles. The summed E-state index contributed by atoms with van der Waals surface area (Å²) in [5.41, 5.74) is 2.70. The van der Waals surface area contributed by atoms with Gasteiger partial charge in [-0.2, -0.15) is 0 Å². The molecule has 1 saturated heterocycles. The fourth-order valence-corrected chi connectivity index (χ4v) is 5.45. The molecule has 5 rings (SSSR count). The summed E-state index contributed by atoms with van der Waals surface area (Å²) in [6.45, 7) is 3.72. The van der Waals surface area contributed by atoms with Gasteiger partial charge in [0.05, 0.1) is 12.0 Å². The smallest absolute Gasteiger partial charge is 0.273 e. The molecule has 0 spiro atoms. The van der Waals surface area contributed by atoms with Gasteiger partial charge >= 0.3 is 0 Å². The molecule has 32 heavy (non-hydrogen) atoms. The minimum atomic E-state index is 0.0418. The van der Waals surface area contributed by atoms with E-state index in [0.29, 0.717) is 23.0 Å². The lowest BCUT2D eigenvalue weighted by atomic mass is 10.1. The van der Waals surface area contributed by atoms with Crippen molar-refractivity contribution in [3.8, 4) is 17.3 Å². The number of piperidine rings is 1. The van der Waals surface area contributed by atoms with Crippen LogP contribution in [0.5, 0.6) is 0 Å². The molecule has 1 aromatic carbocycles. The van der Waals surface area contributed by atoms with Crippen LogP contribution in [0.15, 0.2) is 57.6 Å². The number of thioether (sulfide) groups is 1. The van der Waals surface area contributed by atoms with Crippen LogP contribution in [-0.4, -0.2) is 43.6 Å². The summed E-state index contributed by atoms with van der Waals surface area (Å²) >= 11 is 3.06. The van der Waals surface area contributed by atoms with Crippen LogP contribution >= 0.6 is 23.1 Å². The van der Waals surface area contributed by atoms with Crippen molar-refractivity contribution in [1.29, 1.82) is 0 Å². The molecule has 4 heterocycles. The predicted octanol–water partition coefficient (Wildman–Crippen LogP) is 5.21. The zero-order valence-corrected chi connectivity index (χ0v) is 19.4. The van der Waals surface area contributed by atoms with Gasteiger partial charge in [-0.3, -0.25) is 9.36 Å². The molecule has 1 aliphatic rings. The van der Waals surface area contributed by atoms with Gasteiger partial charge in [-0.05, 0) is 50.5 Å². The lowest BCUT2D eigenvalue weighted by Crippen LogP contribution is -2.35. The summed E-state index contributed by atoms with van der Waals surface area (Å²) in [7, 11) is 0. The van der Waals surface area contributed by atoms with Crippen molar-refractivity contribution in [3.05, 3.63) is 64.3 Å². The van der Waals surface area contributed by atoms with Crippen molar-refractivity contribution in [1.82, 2.24) is 24.6 Å². The number of aryl methyl sites for hydroxylation is 1. The number of nitrogens with zero attached hydrogens (tertiary/aromatic N) is 5. The quantitative estimate of drug-likeness (QED) is 0.364. The molecule has 0 saturated carbocycles. The first-order chi connectivity index (χ1) is 15.7. The van der Waals surface area contributed by atoms with Crippen molar-refractivity contribution < 1.29 is 9.21 Å². The van der Waals surface area contributed by atoms with E-state index in [1.807, 2.05) is 39.1 Å². The van der Waals surface area contributed by atoms with Crippen LogP contribution in [0.1, 0.15) is 40.3 Å². The Bertz CT molecular complexity index is 1190. The highest BCUT2D eigenvalue weighted by Gasteiger charge is 2.22. The van der Waals surface area contributed by atoms with Crippen molar-refractivity contribution in [3.63, 3.8) is 0 Å². The lowest BCUT2D eigenvalue weighted by Gasteiger charge is -2.25. The highest BCUT2D eigenvalue weighted by molar-refractivity contribution is 7.98. The van der Waals surface area contributed by atoms with Gasteiger partial charge in [0.2, 0.25) is 5.82 Å². The summed E-state index contributed by atoms with van der Waals surface area (Å²) in [5.74, 6) is 1.97. The third-order valence-corrected chi connectivity index (χ3v) is 7.38. The molecule has 7 nitrogen and oxygen atoms in total. The largest absolute Gasteiger partial charge is 0.461 e. The number of rotatable bonds is 6. The van der Waals surface area contributed by atoms with E-state index >= 15 is 0 Å². The number of amides is 1. The van der Waals surface area contributed by atoms with Crippen molar-refractivity contribution in [2.75, 3.05) is 13.1 Å². The van der Waals surface area contributed by atoms with Crippen LogP contribution in [0.2, 0.25) is 0 Å². The van der Waals surface area contributed by atoms with E-state index in [2.05, 4.69) is 34.2 Å². The molecule has 0 unspecified atom stereocenters. The van der Waals surface area contributed by atoms with E-state index in [-0.39, 0.29) is 5.91 Å². The summed E-state index contributed by atoms with van der Waals surface area (Å²) in [4.78, 5) is 19.2. The van der Waals surface area contributed by atoms with Crippen LogP contribution in [0.4, 0.5) is 0 Å². The standard InChI is InChI=1S/C23H23N5O2S2/c1-16-7-9-17(10-8-16)28-21(19-6-5-13-30-19)25-26-23(28)32-15-20-24-18(14-31-20)22(29)27-11-3-2-4-12-27/h5-10,13-14H,2-4,11-12,15H2,1H3. The number of furan rings is 1. The molecule has 0 radical (unpaired) electrons. The number of carbonyl (C=O) groups is 1. The van der Waals surface area contributed by atoms with E-state index in [4.69, 9.17) is 4.42 Å². The fraction of sp³-hybridized carbons (Fsp3) is 0.304. The predicted molar refractivity (Wildman–Crippen MR) is 125 cm³/mol. The van der Waals surface area contributed by atoms with E-state index < -0.39 is 0 Å². The third kappa shape index (κ3) is 4.35. The zero-order chi connectivity index (χ0) is 21.9. The highest BCUT2D eigenvalue weighted by Crippen LogP contribution is 2.31. The second-order valence-corrected chi connectivity index (χ2v) is 9.61. The summed E-state index contributed by atoms with van der Waals surface area (Å²) in [6, 6.07) is 11.9. The second-order valence-electron chi connectivity index (χ2n) is 7.72. The summed E-state index contributed by atoms with van der Waals surface area (Å²) < 4.78 is 7.58. The van der Waals surface area contributed by atoms with E-state index in [0.717, 1.165) is 41.8 Å². The molecule has 0 aliphatic carbocycles. The molecular weight excluding hydrogens is 442 g/mol. The molecule has 1 amide bonds. The highest BCUT2D eigenvalue weighted by atomic mass is 32.2. The van der Waals surface area contributed by atoms with E-state index in [1.54, 1.807) is 18.0 Å². The fourth-order valence-electron chi connectivity index (χ4n) is 3.72. The Hall–Kier alpha value is -2.91. The first-order valence-electron chi connectivity index (χ1n) is 10.6. The first kappa shape index (κ1) is 21.0. The first-order valence-corrected chi connectivity index (χ1v) is 12.5. The van der Waals surface area contributed by atoms with Gasteiger partial charge in [0, 0.05) is 24.2 Å². The minimum absolute atomic E-state index is 0.0418. The van der Waals surface area contributed by atoms with Crippen molar-refractivity contribution in [2.24, 2.45) is 0 Å². The Morgan fingerprint density at radius 2 is 1.94 bits per heavy atom. The normalized spacial score (nSPS) is 14.1. The summed E-state index contributed by atoms with van der Waals surface area (Å²) in [6.07, 6.45) is 4.98. The Balaban J connectivity index is 1.36. The molecule has 9 heteroatoms. The molecule has 0 bridgehead atoms. The number of carbonyl (C=O) groups excluding carboxylic acids is 1. The second kappa shape index (κ2) is 9.30. The van der Waals surface area contributed by atoms with E-state index in [9.17, 15) is 4.79 Å². The number of likely N-dealkylation sites (tertiary alicyclic amines) is 1. The van der Waals surface area contributed by atoms with Crippen LogP contribution in [0, 0.1) is 6.92 Å². The maximum Gasteiger partial charge on any atom is 0.273 e. The van der Waals surface area contributed by atoms with Gasteiger partial charge in [-0.15, -0.1) is 21.5 Å².